The zero-order valence-corrected chi connectivity index (χ0v) is 12.4. The van der Waals surface area contributed by atoms with Crippen LogP contribution in [0, 0.1) is 0 Å². The minimum atomic E-state index is 0.431. The van der Waals surface area contributed by atoms with Crippen LogP contribution in [0.15, 0.2) is 28.1 Å². The fourth-order valence-corrected chi connectivity index (χ4v) is 3.50. The summed E-state index contributed by atoms with van der Waals surface area (Å²) in [5.41, 5.74) is 2.22. The van der Waals surface area contributed by atoms with Crippen molar-refractivity contribution in [1.29, 1.82) is 0 Å². The Morgan fingerprint density at radius 1 is 1.35 bits per heavy atom. The molecule has 2 nitrogen and oxygen atoms in total. The lowest BCUT2D eigenvalue weighted by molar-refractivity contribution is 0.415. The number of ether oxygens (including phenoxy) is 1. The summed E-state index contributed by atoms with van der Waals surface area (Å²) < 4.78 is 6.34. The normalized spacial score (nSPS) is 10.9. The molecule has 1 aromatic heterocycles. The molecule has 0 amide bonds. The Bertz CT molecular complexity index is 522. The van der Waals surface area contributed by atoms with Gasteiger partial charge in [0.15, 0.2) is 0 Å². The van der Waals surface area contributed by atoms with Crippen molar-refractivity contribution in [2.24, 2.45) is 0 Å². The van der Waals surface area contributed by atoms with E-state index in [1.54, 1.807) is 18.4 Å². The first-order chi connectivity index (χ1) is 8.11. The Balaban J connectivity index is 2.42. The summed E-state index contributed by atoms with van der Waals surface area (Å²) in [6, 6.07) is 7.99. The highest BCUT2D eigenvalue weighted by atomic mass is 79.9. The van der Waals surface area contributed by atoms with Gasteiger partial charge in [0.05, 0.1) is 16.6 Å². The first kappa shape index (κ1) is 12.6. The molecule has 0 unspecified atom stereocenters. The molecule has 0 saturated heterocycles. The lowest BCUT2D eigenvalue weighted by atomic mass is 10.1. The van der Waals surface area contributed by atoms with E-state index in [2.05, 4.69) is 40.8 Å². The molecule has 4 heteroatoms. The van der Waals surface area contributed by atoms with E-state index in [0.717, 1.165) is 25.8 Å². The SMILES string of the molecule is COc1cccc(-c2nc(C(C)C)c(Br)s2)c1. The highest BCUT2D eigenvalue weighted by Gasteiger charge is 2.13. The highest BCUT2D eigenvalue weighted by Crippen LogP contribution is 2.36. The molecule has 2 aromatic rings. The predicted molar refractivity (Wildman–Crippen MR) is 75.9 cm³/mol. The van der Waals surface area contributed by atoms with E-state index in [-0.39, 0.29) is 0 Å². The molecule has 0 radical (unpaired) electrons. The lowest BCUT2D eigenvalue weighted by Gasteiger charge is -2.01. The van der Waals surface area contributed by atoms with Gasteiger partial charge in [-0.15, -0.1) is 11.3 Å². The van der Waals surface area contributed by atoms with Crippen LogP contribution >= 0.6 is 27.3 Å². The third-order valence-corrected chi connectivity index (χ3v) is 4.27. The third kappa shape index (κ3) is 2.69. The number of methoxy groups -OCH3 is 1. The van der Waals surface area contributed by atoms with E-state index < -0.39 is 0 Å². The van der Waals surface area contributed by atoms with Crippen molar-refractivity contribution in [2.45, 2.75) is 19.8 Å². The molecule has 17 heavy (non-hydrogen) atoms. The average molecular weight is 312 g/mol. The molecular formula is C13H14BrNOS. The first-order valence-electron chi connectivity index (χ1n) is 5.42. The molecule has 1 heterocycles. The second-order valence-corrected chi connectivity index (χ2v) is 6.38. The van der Waals surface area contributed by atoms with Gasteiger partial charge in [-0.25, -0.2) is 4.98 Å². The number of hydrogen-bond acceptors (Lipinski definition) is 3. The van der Waals surface area contributed by atoms with Gasteiger partial charge in [-0.3, -0.25) is 0 Å². The molecule has 0 fully saturated rings. The molecule has 0 aliphatic heterocycles. The van der Waals surface area contributed by atoms with Crippen molar-refractivity contribution in [1.82, 2.24) is 4.98 Å². The molecule has 0 atom stereocenters. The van der Waals surface area contributed by atoms with E-state index in [0.29, 0.717) is 5.92 Å². The number of nitrogens with zero attached hydrogens (tertiary/aromatic N) is 1. The summed E-state index contributed by atoms with van der Waals surface area (Å²) in [7, 11) is 1.68. The summed E-state index contributed by atoms with van der Waals surface area (Å²) in [5.74, 6) is 1.29. The molecular weight excluding hydrogens is 298 g/mol. The zero-order valence-electron chi connectivity index (χ0n) is 10.0. The first-order valence-corrected chi connectivity index (χ1v) is 7.03. The van der Waals surface area contributed by atoms with Crippen LogP contribution in [-0.4, -0.2) is 12.1 Å². The molecule has 0 saturated carbocycles. The zero-order chi connectivity index (χ0) is 12.4. The molecule has 90 valence electrons. The number of benzene rings is 1. The molecule has 0 spiro atoms. The van der Waals surface area contributed by atoms with Gasteiger partial charge in [-0.1, -0.05) is 26.0 Å². The third-order valence-electron chi connectivity index (χ3n) is 2.47. The summed E-state index contributed by atoms with van der Waals surface area (Å²) in [6.45, 7) is 4.30. The van der Waals surface area contributed by atoms with Gasteiger partial charge in [-0.2, -0.15) is 0 Å². The Kier molecular flexibility index (Phi) is 3.84. The topological polar surface area (TPSA) is 22.1 Å². The smallest absolute Gasteiger partial charge is 0.124 e. The lowest BCUT2D eigenvalue weighted by Crippen LogP contribution is -1.88. The Hall–Kier alpha value is -0.870. The van der Waals surface area contributed by atoms with Crippen molar-refractivity contribution in [3.8, 4) is 16.3 Å². The fraction of sp³-hybridized carbons (Fsp3) is 0.308. The quantitative estimate of drug-likeness (QED) is 0.819. The second kappa shape index (κ2) is 5.19. The molecule has 1 aromatic carbocycles. The van der Waals surface area contributed by atoms with Gasteiger partial charge in [-0.05, 0) is 34.0 Å². The second-order valence-electron chi connectivity index (χ2n) is 4.06. The maximum absolute atomic E-state index is 5.23. The fourth-order valence-electron chi connectivity index (χ4n) is 1.55. The summed E-state index contributed by atoms with van der Waals surface area (Å²) in [5, 5.41) is 1.03. The monoisotopic (exact) mass is 311 g/mol. The van der Waals surface area contributed by atoms with E-state index in [9.17, 15) is 0 Å². The maximum Gasteiger partial charge on any atom is 0.124 e. The molecule has 0 aliphatic carbocycles. The maximum atomic E-state index is 5.23. The molecule has 2 rings (SSSR count). The van der Waals surface area contributed by atoms with Crippen molar-refractivity contribution < 1.29 is 4.74 Å². The average Bonchev–Trinajstić information content (AvgIpc) is 2.71. The van der Waals surface area contributed by atoms with Gasteiger partial charge in [0.25, 0.3) is 0 Å². The summed E-state index contributed by atoms with van der Waals surface area (Å²) in [4.78, 5) is 4.67. The van der Waals surface area contributed by atoms with Crippen LogP contribution in [0.25, 0.3) is 10.6 Å². The van der Waals surface area contributed by atoms with E-state index >= 15 is 0 Å². The van der Waals surface area contributed by atoms with Crippen LogP contribution < -0.4 is 4.74 Å². The molecule has 0 N–H and O–H groups in total. The van der Waals surface area contributed by atoms with Gasteiger partial charge in [0.2, 0.25) is 0 Å². The van der Waals surface area contributed by atoms with Gasteiger partial charge in [0, 0.05) is 5.56 Å². The van der Waals surface area contributed by atoms with E-state index in [4.69, 9.17) is 4.74 Å². The van der Waals surface area contributed by atoms with Gasteiger partial charge in [0.1, 0.15) is 10.8 Å². The van der Waals surface area contributed by atoms with Crippen LogP contribution in [0.1, 0.15) is 25.5 Å². The number of hydrogen-bond donors (Lipinski definition) is 0. The number of rotatable bonds is 3. The van der Waals surface area contributed by atoms with Crippen LogP contribution in [0.4, 0.5) is 0 Å². The minimum Gasteiger partial charge on any atom is -0.497 e. The van der Waals surface area contributed by atoms with Crippen LogP contribution in [0.5, 0.6) is 5.75 Å². The predicted octanol–water partition coefficient (Wildman–Crippen LogP) is 4.70. The molecule has 0 aliphatic rings. The van der Waals surface area contributed by atoms with Crippen molar-refractivity contribution in [3.05, 3.63) is 33.7 Å². The van der Waals surface area contributed by atoms with Crippen molar-refractivity contribution in [3.63, 3.8) is 0 Å². The Morgan fingerprint density at radius 3 is 2.71 bits per heavy atom. The molecule has 0 bridgehead atoms. The number of halogens is 1. The van der Waals surface area contributed by atoms with Gasteiger partial charge >= 0.3 is 0 Å². The van der Waals surface area contributed by atoms with Crippen molar-refractivity contribution in [2.75, 3.05) is 7.11 Å². The Morgan fingerprint density at radius 2 is 2.12 bits per heavy atom. The highest BCUT2D eigenvalue weighted by molar-refractivity contribution is 9.11. The van der Waals surface area contributed by atoms with Crippen LogP contribution in [-0.2, 0) is 0 Å². The summed E-state index contributed by atoms with van der Waals surface area (Å²) >= 11 is 5.24. The van der Waals surface area contributed by atoms with Crippen molar-refractivity contribution >= 4 is 27.3 Å². The summed E-state index contributed by atoms with van der Waals surface area (Å²) in [6.07, 6.45) is 0. The Labute approximate surface area is 114 Å². The number of thiazole rings is 1. The van der Waals surface area contributed by atoms with E-state index in [1.807, 2.05) is 18.2 Å². The largest absolute Gasteiger partial charge is 0.497 e. The van der Waals surface area contributed by atoms with Crippen LogP contribution in [0.3, 0.4) is 0 Å². The van der Waals surface area contributed by atoms with E-state index in [1.165, 1.54) is 0 Å². The van der Waals surface area contributed by atoms with Gasteiger partial charge < -0.3 is 4.74 Å². The van der Waals surface area contributed by atoms with Crippen LogP contribution in [0.2, 0.25) is 0 Å². The number of aromatic nitrogens is 1. The minimum absolute atomic E-state index is 0.431. The standard InChI is InChI=1S/C13H14BrNOS/c1-8(2)11-12(14)17-13(15-11)9-5-4-6-10(7-9)16-3/h4-8H,1-3H3.